The van der Waals surface area contributed by atoms with E-state index in [-0.39, 0.29) is 11.5 Å². The Labute approximate surface area is 107 Å². The van der Waals surface area contributed by atoms with Gasteiger partial charge in [-0.15, -0.1) is 0 Å². The molecule has 1 aliphatic heterocycles. The molecular formula is C12H20N4O2. The lowest BCUT2D eigenvalue weighted by atomic mass is 9.95. The topological polar surface area (TPSA) is 73.5 Å². The Morgan fingerprint density at radius 1 is 1.39 bits per heavy atom. The SMILES string of the molecule is COc1cc(N2CCCC(C)(OC)C2)nc(N)n1. The third-order valence-corrected chi connectivity index (χ3v) is 3.39. The highest BCUT2D eigenvalue weighted by Gasteiger charge is 2.31. The fourth-order valence-electron chi connectivity index (χ4n) is 2.26. The van der Waals surface area contributed by atoms with E-state index in [2.05, 4.69) is 21.8 Å². The second kappa shape index (κ2) is 4.97. The largest absolute Gasteiger partial charge is 0.481 e. The summed E-state index contributed by atoms with van der Waals surface area (Å²) in [5.41, 5.74) is 5.55. The van der Waals surface area contributed by atoms with E-state index in [0.29, 0.717) is 5.88 Å². The highest BCUT2D eigenvalue weighted by Crippen LogP contribution is 2.28. The maximum Gasteiger partial charge on any atom is 0.225 e. The summed E-state index contributed by atoms with van der Waals surface area (Å²) in [7, 11) is 3.32. The maximum atomic E-state index is 5.68. The second-order valence-corrected chi connectivity index (χ2v) is 4.81. The van der Waals surface area contributed by atoms with Gasteiger partial charge in [0.25, 0.3) is 0 Å². The zero-order valence-electron chi connectivity index (χ0n) is 11.1. The minimum atomic E-state index is -0.134. The molecule has 18 heavy (non-hydrogen) atoms. The quantitative estimate of drug-likeness (QED) is 0.867. The molecule has 1 fully saturated rings. The Hall–Kier alpha value is -1.56. The zero-order valence-corrected chi connectivity index (χ0v) is 11.1. The number of piperidine rings is 1. The first-order valence-corrected chi connectivity index (χ1v) is 6.05. The average molecular weight is 252 g/mol. The van der Waals surface area contributed by atoms with Crippen molar-refractivity contribution in [1.29, 1.82) is 0 Å². The maximum absolute atomic E-state index is 5.68. The van der Waals surface area contributed by atoms with Gasteiger partial charge in [0, 0.05) is 26.3 Å². The van der Waals surface area contributed by atoms with Crippen molar-refractivity contribution in [2.24, 2.45) is 0 Å². The molecule has 2 heterocycles. The van der Waals surface area contributed by atoms with Crippen molar-refractivity contribution in [2.45, 2.75) is 25.4 Å². The Morgan fingerprint density at radius 3 is 2.83 bits per heavy atom. The normalized spacial score (nSPS) is 24.1. The monoisotopic (exact) mass is 252 g/mol. The van der Waals surface area contributed by atoms with Crippen molar-refractivity contribution in [2.75, 3.05) is 37.9 Å². The van der Waals surface area contributed by atoms with Crippen molar-refractivity contribution in [1.82, 2.24) is 9.97 Å². The van der Waals surface area contributed by atoms with Crippen LogP contribution in [-0.4, -0.2) is 42.9 Å². The fraction of sp³-hybridized carbons (Fsp3) is 0.667. The van der Waals surface area contributed by atoms with Crippen molar-refractivity contribution in [3.63, 3.8) is 0 Å². The Morgan fingerprint density at radius 2 is 2.17 bits per heavy atom. The van der Waals surface area contributed by atoms with Crippen molar-refractivity contribution in [3.05, 3.63) is 6.07 Å². The van der Waals surface area contributed by atoms with Gasteiger partial charge in [0.15, 0.2) is 0 Å². The van der Waals surface area contributed by atoms with Crippen LogP contribution in [0.5, 0.6) is 5.88 Å². The molecule has 1 unspecified atom stereocenters. The van der Waals surface area contributed by atoms with E-state index < -0.39 is 0 Å². The Balaban J connectivity index is 2.23. The van der Waals surface area contributed by atoms with E-state index >= 15 is 0 Å². The van der Waals surface area contributed by atoms with Crippen LogP contribution in [0.4, 0.5) is 11.8 Å². The highest BCUT2D eigenvalue weighted by atomic mass is 16.5. The third kappa shape index (κ3) is 2.64. The van der Waals surface area contributed by atoms with Gasteiger partial charge in [-0.25, -0.2) is 0 Å². The molecule has 0 spiro atoms. The predicted molar refractivity (Wildman–Crippen MR) is 69.9 cm³/mol. The van der Waals surface area contributed by atoms with Gasteiger partial charge in [0.1, 0.15) is 5.82 Å². The number of nitrogens with zero attached hydrogens (tertiary/aromatic N) is 3. The minimum Gasteiger partial charge on any atom is -0.481 e. The van der Waals surface area contributed by atoms with Crippen LogP contribution in [0.25, 0.3) is 0 Å². The number of ether oxygens (including phenoxy) is 2. The standard InChI is InChI=1S/C12H20N4O2/c1-12(18-3)5-4-6-16(8-12)9-7-10(17-2)15-11(13)14-9/h7H,4-6,8H2,1-3H3,(H2,13,14,15). The minimum absolute atomic E-state index is 0.134. The van der Waals surface area contributed by atoms with Gasteiger partial charge in [0.2, 0.25) is 11.8 Å². The van der Waals surface area contributed by atoms with Crippen molar-refractivity contribution in [3.8, 4) is 5.88 Å². The van der Waals surface area contributed by atoms with Gasteiger partial charge < -0.3 is 20.1 Å². The molecular weight excluding hydrogens is 232 g/mol. The van der Waals surface area contributed by atoms with Crippen molar-refractivity contribution >= 4 is 11.8 Å². The molecule has 2 N–H and O–H groups in total. The Bertz CT molecular complexity index is 427. The summed E-state index contributed by atoms with van der Waals surface area (Å²) in [6.07, 6.45) is 2.12. The highest BCUT2D eigenvalue weighted by molar-refractivity contribution is 5.46. The van der Waals surface area contributed by atoms with Gasteiger partial charge >= 0.3 is 0 Å². The Kier molecular flexibility index (Phi) is 3.56. The summed E-state index contributed by atoms with van der Waals surface area (Å²) in [5, 5.41) is 0. The van der Waals surface area contributed by atoms with E-state index in [9.17, 15) is 0 Å². The molecule has 0 aromatic carbocycles. The first kappa shape index (κ1) is 12.9. The molecule has 6 nitrogen and oxygen atoms in total. The lowest BCUT2D eigenvalue weighted by Gasteiger charge is -2.40. The molecule has 0 aliphatic carbocycles. The van der Waals surface area contributed by atoms with Crippen LogP contribution in [0.2, 0.25) is 0 Å². The molecule has 0 saturated carbocycles. The van der Waals surface area contributed by atoms with Crippen LogP contribution >= 0.6 is 0 Å². The molecule has 1 saturated heterocycles. The summed E-state index contributed by atoms with van der Waals surface area (Å²) < 4.78 is 10.7. The molecule has 2 rings (SSSR count). The van der Waals surface area contributed by atoms with Gasteiger partial charge in [-0.1, -0.05) is 0 Å². The number of nitrogen functional groups attached to an aromatic ring is 1. The first-order valence-electron chi connectivity index (χ1n) is 6.05. The molecule has 0 radical (unpaired) electrons. The van der Waals surface area contributed by atoms with E-state index in [0.717, 1.165) is 31.7 Å². The number of hydrogen-bond acceptors (Lipinski definition) is 6. The van der Waals surface area contributed by atoms with Gasteiger partial charge in [0.05, 0.1) is 12.7 Å². The first-order chi connectivity index (χ1) is 8.56. The lowest BCUT2D eigenvalue weighted by Crippen LogP contribution is -2.47. The lowest BCUT2D eigenvalue weighted by molar-refractivity contribution is -0.00482. The van der Waals surface area contributed by atoms with Gasteiger partial charge in [-0.2, -0.15) is 9.97 Å². The number of hydrogen-bond donors (Lipinski definition) is 1. The van der Waals surface area contributed by atoms with Crippen LogP contribution in [0.3, 0.4) is 0 Å². The number of aromatic nitrogens is 2. The molecule has 6 heteroatoms. The smallest absolute Gasteiger partial charge is 0.225 e. The molecule has 0 bridgehead atoms. The van der Waals surface area contributed by atoms with E-state index in [1.807, 2.05) is 0 Å². The average Bonchev–Trinajstić information content (AvgIpc) is 2.38. The molecule has 100 valence electrons. The van der Waals surface area contributed by atoms with E-state index in [1.54, 1.807) is 20.3 Å². The summed E-state index contributed by atoms with van der Waals surface area (Å²) in [6, 6.07) is 1.80. The summed E-state index contributed by atoms with van der Waals surface area (Å²) in [6.45, 7) is 3.85. The van der Waals surface area contributed by atoms with Crippen LogP contribution < -0.4 is 15.4 Å². The number of methoxy groups -OCH3 is 2. The predicted octanol–water partition coefficient (Wildman–Crippen LogP) is 1.07. The fourth-order valence-corrected chi connectivity index (χ4v) is 2.26. The van der Waals surface area contributed by atoms with E-state index in [1.165, 1.54) is 0 Å². The molecule has 1 aromatic rings. The van der Waals surface area contributed by atoms with Gasteiger partial charge in [-0.3, -0.25) is 0 Å². The summed E-state index contributed by atoms with van der Waals surface area (Å²) >= 11 is 0. The van der Waals surface area contributed by atoms with Crippen molar-refractivity contribution < 1.29 is 9.47 Å². The molecule has 1 atom stereocenters. The summed E-state index contributed by atoms with van der Waals surface area (Å²) in [4.78, 5) is 10.4. The molecule has 0 amide bonds. The number of anilines is 2. The number of rotatable bonds is 3. The molecule has 1 aliphatic rings. The van der Waals surface area contributed by atoms with Gasteiger partial charge in [-0.05, 0) is 19.8 Å². The molecule has 1 aromatic heterocycles. The van der Waals surface area contributed by atoms with E-state index in [4.69, 9.17) is 15.2 Å². The number of nitrogens with two attached hydrogens (primary N) is 1. The second-order valence-electron chi connectivity index (χ2n) is 4.81. The zero-order chi connectivity index (χ0) is 13.2. The van der Waals surface area contributed by atoms with Crippen LogP contribution in [0.1, 0.15) is 19.8 Å². The third-order valence-electron chi connectivity index (χ3n) is 3.39. The van der Waals surface area contributed by atoms with Crippen LogP contribution in [0.15, 0.2) is 6.07 Å². The van der Waals surface area contributed by atoms with Crippen LogP contribution in [-0.2, 0) is 4.74 Å². The van der Waals surface area contributed by atoms with Crippen LogP contribution in [0, 0.1) is 0 Å². The summed E-state index contributed by atoms with van der Waals surface area (Å²) in [5.74, 6) is 1.51.